The van der Waals surface area contributed by atoms with Crippen LogP contribution in [0.25, 0.3) is 0 Å². The van der Waals surface area contributed by atoms with Gasteiger partial charge in [-0.2, -0.15) is 5.10 Å². The molecule has 1 aromatic heterocycles. The van der Waals surface area contributed by atoms with Crippen molar-refractivity contribution >= 4 is 0 Å². The van der Waals surface area contributed by atoms with Gasteiger partial charge in [0.15, 0.2) is 0 Å². The van der Waals surface area contributed by atoms with E-state index in [0.29, 0.717) is 6.10 Å². The topological polar surface area (TPSA) is 48.8 Å². The first-order chi connectivity index (χ1) is 13.1. The number of hydrogen-bond donors (Lipinski definition) is 0. The van der Waals surface area contributed by atoms with Gasteiger partial charge in [-0.25, -0.2) is 0 Å². The second kappa shape index (κ2) is 9.24. The number of hydrogen-bond acceptors (Lipinski definition) is 5. The number of aromatic nitrogens is 2. The highest BCUT2D eigenvalue weighted by Gasteiger charge is 2.22. The highest BCUT2D eigenvalue weighted by Crippen LogP contribution is 2.27. The molecule has 0 radical (unpaired) electrons. The first-order valence-corrected chi connectivity index (χ1v) is 9.70. The highest BCUT2D eigenvalue weighted by atomic mass is 16.5. The van der Waals surface area contributed by atoms with Crippen LogP contribution in [0, 0.1) is 6.92 Å². The average molecular weight is 373 g/mol. The van der Waals surface area contributed by atoms with Crippen LogP contribution in [0.15, 0.2) is 24.4 Å². The maximum absolute atomic E-state index is 5.89. The van der Waals surface area contributed by atoms with Crippen LogP contribution in [-0.4, -0.2) is 48.2 Å². The molecule has 2 aromatic rings. The van der Waals surface area contributed by atoms with Crippen molar-refractivity contribution in [2.45, 2.75) is 52.4 Å². The Morgan fingerprint density at radius 3 is 2.67 bits per heavy atom. The molecule has 0 spiro atoms. The van der Waals surface area contributed by atoms with E-state index < -0.39 is 0 Å². The molecule has 0 aliphatic carbocycles. The van der Waals surface area contributed by atoms with Crippen LogP contribution < -0.4 is 9.47 Å². The summed E-state index contributed by atoms with van der Waals surface area (Å²) in [6.07, 6.45) is 4.57. The highest BCUT2D eigenvalue weighted by molar-refractivity contribution is 5.40. The van der Waals surface area contributed by atoms with Crippen molar-refractivity contribution in [3.05, 3.63) is 41.2 Å². The third-order valence-corrected chi connectivity index (χ3v) is 5.27. The lowest BCUT2D eigenvalue weighted by Crippen LogP contribution is -2.31. The smallest absolute Gasteiger partial charge is 0.127 e. The van der Waals surface area contributed by atoms with Gasteiger partial charge in [-0.05, 0) is 32.8 Å². The van der Waals surface area contributed by atoms with Gasteiger partial charge in [0.1, 0.15) is 11.5 Å². The Balaban J connectivity index is 1.79. The Hall–Kier alpha value is -2.05. The number of methoxy groups -OCH3 is 2. The molecule has 6 heteroatoms. The molecule has 0 N–H and O–H groups in total. The lowest BCUT2D eigenvalue weighted by Gasteiger charge is -2.26. The van der Waals surface area contributed by atoms with Gasteiger partial charge >= 0.3 is 0 Å². The molecule has 1 aromatic carbocycles. The third-order valence-electron chi connectivity index (χ3n) is 5.27. The van der Waals surface area contributed by atoms with Gasteiger partial charge in [0, 0.05) is 55.7 Å². The van der Waals surface area contributed by atoms with E-state index in [9.17, 15) is 0 Å². The van der Waals surface area contributed by atoms with E-state index in [0.717, 1.165) is 62.7 Å². The summed E-state index contributed by atoms with van der Waals surface area (Å²) in [5.41, 5.74) is 3.65. The number of aryl methyl sites for hydroxylation is 1. The van der Waals surface area contributed by atoms with Crippen LogP contribution >= 0.6 is 0 Å². The van der Waals surface area contributed by atoms with Crippen LogP contribution in [0.1, 0.15) is 36.6 Å². The molecular weight excluding hydrogens is 342 g/mol. The minimum absolute atomic E-state index is 0.302. The molecule has 3 rings (SSSR count). The van der Waals surface area contributed by atoms with E-state index >= 15 is 0 Å². The number of benzene rings is 1. The Morgan fingerprint density at radius 1 is 1.22 bits per heavy atom. The molecule has 0 bridgehead atoms. The van der Waals surface area contributed by atoms with Gasteiger partial charge < -0.3 is 14.2 Å². The van der Waals surface area contributed by atoms with Crippen molar-refractivity contribution in [2.75, 3.05) is 27.4 Å². The van der Waals surface area contributed by atoms with Crippen molar-refractivity contribution in [2.24, 2.45) is 0 Å². The summed E-state index contributed by atoms with van der Waals surface area (Å²) in [6.45, 7) is 8.58. The van der Waals surface area contributed by atoms with Crippen LogP contribution in [0.4, 0.5) is 0 Å². The summed E-state index contributed by atoms with van der Waals surface area (Å²) in [4.78, 5) is 2.43. The average Bonchev–Trinajstić information content (AvgIpc) is 3.32. The van der Waals surface area contributed by atoms with Gasteiger partial charge in [-0.15, -0.1) is 0 Å². The SMILES string of the molecule is CCn1ncc(CN(Cc2ccc(OC)cc2OC)C[C@@H]2CCCO2)c1C. The zero-order valence-corrected chi connectivity index (χ0v) is 16.9. The fraction of sp³-hybridized carbons (Fsp3) is 0.571. The molecule has 1 fully saturated rings. The molecule has 2 heterocycles. The Kier molecular flexibility index (Phi) is 6.74. The summed E-state index contributed by atoms with van der Waals surface area (Å²) in [5.74, 6) is 1.66. The van der Waals surface area contributed by atoms with Crippen molar-refractivity contribution in [3.8, 4) is 11.5 Å². The molecule has 0 amide bonds. The van der Waals surface area contributed by atoms with Crippen LogP contribution in [-0.2, 0) is 24.4 Å². The number of nitrogens with zero attached hydrogens (tertiary/aromatic N) is 3. The predicted octanol–water partition coefficient (Wildman–Crippen LogP) is 3.41. The van der Waals surface area contributed by atoms with Gasteiger partial charge in [0.2, 0.25) is 0 Å². The van der Waals surface area contributed by atoms with Crippen molar-refractivity contribution in [1.29, 1.82) is 0 Å². The van der Waals surface area contributed by atoms with E-state index in [1.165, 1.54) is 11.3 Å². The monoisotopic (exact) mass is 373 g/mol. The van der Waals surface area contributed by atoms with E-state index in [4.69, 9.17) is 14.2 Å². The number of rotatable bonds is 9. The number of ether oxygens (including phenoxy) is 3. The minimum Gasteiger partial charge on any atom is -0.497 e. The normalized spacial score (nSPS) is 16.9. The second-order valence-electron chi connectivity index (χ2n) is 7.05. The van der Waals surface area contributed by atoms with E-state index in [1.54, 1.807) is 14.2 Å². The standard InChI is InChI=1S/C21H31N3O3/c1-5-24-16(2)18(12-22-24)14-23(15-20-7-6-10-27-20)13-17-8-9-19(25-3)11-21(17)26-4/h8-9,11-12,20H,5-7,10,13-15H2,1-4H3/t20-/m0/s1. The molecule has 0 saturated carbocycles. The van der Waals surface area contributed by atoms with Gasteiger partial charge in [-0.1, -0.05) is 6.07 Å². The zero-order valence-electron chi connectivity index (χ0n) is 16.9. The van der Waals surface area contributed by atoms with Crippen molar-refractivity contribution < 1.29 is 14.2 Å². The summed E-state index contributed by atoms with van der Waals surface area (Å²) >= 11 is 0. The summed E-state index contributed by atoms with van der Waals surface area (Å²) < 4.78 is 18.9. The Morgan fingerprint density at radius 2 is 2.04 bits per heavy atom. The van der Waals surface area contributed by atoms with E-state index in [-0.39, 0.29) is 0 Å². The predicted molar refractivity (Wildman–Crippen MR) is 105 cm³/mol. The molecule has 0 unspecified atom stereocenters. The third kappa shape index (κ3) is 4.82. The summed E-state index contributed by atoms with van der Waals surface area (Å²) in [7, 11) is 3.38. The van der Waals surface area contributed by atoms with Crippen LogP contribution in [0.3, 0.4) is 0 Å². The van der Waals surface area contributed by atoms with E-state index in [2.05, 4.69) is 29.9 Å². The summed E-state index contributed by atoms with van der Waals surface area (Å²) in [5, 5.41) is 4.50. The molecule has 1 aliphatic heterocycles. The molecule has 6 nitrogen and oxygen atoms in total. The Labute approximate surface area is 162 Å². The maximum atomic E-state index is 5.89. The summed E-state index contributed by atoms with van der Waals surface area (Å²) in [6, 6.07) is 6.02. The van der Waals surface area contributed by atoms with Crippen LogP contribution in [0.5, 0.6) is 11.5 Å². The first-order valence-electron chi connectivity index (χ1n) is 9.70. The van der Waals surface area contributed by atoms with Crippen molar-refractivity contribution in [3.63, 3.8) is 0 Å². The fourth-order valence-electron chi connectivity index (χ4n) is 3.68. The lowest BCUT2D eigenvalue weighted by atomic mass is 10.1. The van der Waals surface area contributed by atoms with Gasteiger partial charge in [-0.3, -0.25) is 9.58 Å². The zero-order chi connectivity index (χ0) is 19.2. The fourth-order valence-corrected chi connectivity index (χ4v) is 3.68. The molecule has 1 aliphatic rings. The largest absolute Gasteiger partial charge is 0.497 e. The van der Waals surface area contributed by atoms with E-state index in [1.807, 2.05) is 23.0 Å². The minimum atomic E-state index is 0.302. The maximum Gasteiger partial charge on any atom is 0.127 e. The van der Waals surface area contributed by atoms with Crippen LogP contribution in [0.2, 0.25) is 0 Å². The second-order valence-corrected chi connectivity index (χ2v) is 7.05. The van der Waals surface area contributed by atoms with Gasteiger partial charge in [0.05, 0.1) is 26.5 Å². The van der Waals surface area contributed by atoms with Gasteiger partial charge in [0.25, 0.3) is 0 Å². The molecular formula is C21H31N3O3. The quantitative estimate of drug-likeness (QED) is 0.674. The first kappa shape index (κ1) is 19.7. The lowest BCUT2D eigenvalue weighted by molar-refractivity contribution is 0.0675. The molecule has 1 atom stereocenters. The molecule has 148 valence electrons. The van der Waals surface area contributed by atoms with Crippen molar-refractivity contribution in [1.82, 2.24) is 14.7 Å². The molecule has 1 saturated heterocycles. The molecule has 27 heavy (non-hydrogen) atoms. The Bertz CT molecular complexity index is 738.